The van der Waals surface area contributed by atoms with E-state index in [0.717, 1.165) is 66.8 Å². The van der Waals surface area contributed by atoms with Crippen LogP contribution in [0.5, 0.6) is 23.0 Å². The molecule has 0 fully saturated rings. The normalized spacial score (nSPS) is 15.6. The van der Waals surface area contributed by atoms with Gasteiger partial charge in [-0.25, -0.2) is 0 Å². The van der Waals surface area contributed by atoms with Crippen molar-refractivity contribution in [2.24, 2.45) is 0 Å². The maximum Gasteiger partial charge on any atom is 0.161 e. The first-order valence-electron chi connectivity index (χ1n) is 17.6. The van der Waals surface area contributed by atoms with Gasteiger partial charge in [-0.2, -0.15) is 0 Å². The standard InChI is InChI=1S/C46H44O6/c1-49-41-25-33-21-29-13-5-9-17-37(29)45(47)39-19-11-7-15-31(39)23-35-27-43(51-3)44(52-4)28-36(35)24-32-16-8-12-20-40(32)46(48)38-18-10-6-14-30(38)22-34(33)26-42(41)50-2/h5-20,25-28,45-48H,21-24H2,1-4H3. The van der Waals surface area contributed by atoms with Gasteiger partial charge in [0.2, 0.25) is 0 Å². The van der Waals surface area contributed by atoms with Crippen LogP contribution in [0.2, 0.25) is 0 Å². The summed E-state index contributed by atoms with van der Waals surface area (Å²) in [4.78, 5) is 0. The van der Waals surface area contributed by atoms with Gasteiger partial charge in [-0.15, -0.1) is 0 Å². The van der Waals surface area contributed by atoms with E-state index >= 15 is 0 Å². The molecule has 6 nitrogen and oxygen atoms in total. The average molecular weight is 693 g/mol. The van der Waals surface area contributed by atoms with Crippen molar-refractivity contribution < 1.29 is 29.2 Å². The van der Waals surface area contributed by atoms with Crippen LogP contribution in [0.25, 0.3) is 0 Å². The summed E-state index contributed by atoms with van der Waals surface area (Å²) in [5.41, 5.74) is 11.6. The third-order valence-corrected chi connectivity index (χ3v) is 10.3. The molecule has 0 aromatic heterocycles. The first-order chi connectivity index (χ1) is 25.4. The summed E-state index contributed by atoms with van der Waals surface area (Å²) in [6.07, 6.45) is 0.485. The lowest BCUT2D eigenvalue weighted by Gasteiger charge is -2.24. The number of hydrogen-bond donors (Lipinski definition) is 2. The number of rotatable bonds is 4. The molecular weight excluding hydrogens is 649 g/mol. The summed E-state index contributed by atoms with van der Waals surface area (Å²) >= 11 is 0. The van der Waals surface area contributed by atoms with Crippen molar-refractivity contribution in [1.82, 2.24) is 0 Å². The fourth-order valence-corrected chi connectivity index (χ4v) is 7.59. The Kier molecular flexibility index (Phi) is 10.3. The molecule has 1 aliphatic rings. The molecule has 0 bridgehead atoms. The van der Waals surface area contributed by atoms with Crippen molar-refractivity contribution in [3.05, 3.63) is 188 Å². The van der Waals surface area contributed by atoms with Crippen LogP contribution < -0.4 is 18.9 Å². The molecule has 0 amide bonds. The van der Waals surface area contributed by atoms with E-state index in [1.54, 1.807) is 28.4 Å². The molecule has 7 rings (SSSR count). The molecule has 0 unspecified atom stereocenters. The highest BCUT2D eigenvalue weighted by Gasteiger charge is 2.24. The van der Waals surface area contributed by atoms with Crippen molar-refractivity contribution in [3.63, 3.8) is 0 Å². The molecule has 6 heteroatoms. The van der Waals surface area contributed by atoms with Crippen LogP contribution in [0, 0.1) is 0 Å². The summed E-state index contributed by atoms with van der Waals surface area (Å²) in [5, 5.41) is 24.5. The maximum absolute atomic E-state index is 12.2. The molecule has 0 aliphatic heterocycles. The molecule has 0 atom stereocenters. The van der Waals surface area contributed by atoms with Gasteiger partial charge in [0.1, 0.15) is 12.2 Å². The zero-order chi connectivity index (χ0) is 36.2. The van der Waals surface area contributed by atoms with Gasteiger partial charge in [-0.05, 0) is 117 Å². The average Bonchev–Trinajstić information content (AvgIpc) is 3.18. The Morgan fingerprint density at radius 1 is 0.346 bits per heavy atom. The minimum atomic E-state index is -0.866. The summed E-state index contributed by atoms with van der Waals surface area (Å²) in [6, 6.07) is 40.5. The Hall–Kier alpha value is -5.56. The topological polar surface area (TPSA) is 77.4 Å². The third kappa shape index (κ3) is 6.88. The number of fused-ring (bicyclic) bond motifs is 6. The highest BCUT2D eigenvalue weighted by molar-refractivity contribution is 5.55. The Bertz CT molecular complexity index is 1900. The van der Waals surface area contributed by atoms with Gasteiger partial charge in [0.05, 0.1) is 28.4 Å². The van der Waals surface area contributed by atoms with E-state index < -0.39 is 12.2 Å². The Labute approximate surface area is 305 Å². The molecule has 52 heavy (non-hydrogen) atoms. The summed E-state index contributed by atoms with van der Waals surface area (Å²) in [5.74, 6) is 2.55. The number of aliphatic hydroxyl groups is 2. The van der Waals surface area contributed by atoms with Gasteiger partial charge >= 0.3 is 0 Å². The van der Waals surface area contributed by atoms with E-state index in [4.69, 9.17) is 18.9 Å². The van der Waals surface area contributed by atoms with Gasteiger partial charge in [0, 0.05) is 0 Å². The minimum Gasteiger partial charge on any atom is -0.493 e. The second kappa shape index (κ2) is 15.4. The lowest BCUT2D eigenvalue weighted by Crippen LogP contribution is -2.11. The summed E-state index contributed by atoms with van der Waals surface area (Å²) in [6.45, 7) is 0. The molecule has 6 aromatic carbocycles. The number of aliphatic hydroxyl groups excluding tert-OH is 2. The van der Waals surface area contributed by atoms with Crippen molar-refractivity contribution in [2.75, 3.05) is 28.4 Å². The number of benzene rings is 6. The van der Waals surface area contributed by atoms with Gasteiger partial charge in [-0.1, -0.05) is 97.1 Å². The molecule has 2 N–H and O–H groups in total. The van der Waals surface area contributed by atoms with E-state index in [9.17, 15) is 10.2 Å². The Balaban J connectivity index is 1.47. The van der Waals surface area contributed by atoms with Crippen LogP contribution in [-0.4, -0.2) is 38.7 Å². The fourth-order valence-electron chi connectivity index (χ4n) is 7.59. The molecule has 0 radical (unpaired) electrons. The lowest BCUT2D eigenvalue weighted by molar-refractivity contribution is 0.218. The highest BCUT2D eigenvalue weighted by atomic mass is 16.5. The first kappa shape index (κ1) is 34.9. The molecule has 0 spiro atoms. The molecule has 0 saturated heterocycles. The molecule has 0 heterocycles. The maximum atomic E-state index is 12.2. The quantitative estimate of drug-likeness (QED) is 0.193. The van der Waals surface area contributed by atoms with Crippen LogP contribution in [0.1, 0.15) is 79.0 Å². The molecule has 1 aliphatic carbocycles. The predicted molar refractivity (Wildman–Crippen MR) is 204 cm³/mol. The largest absolute Gasteiger partial charge is 0.493 e. The Morgan fingerprint density at radius 2 is 0.558 bits per heavy atom. The summed E-state index contributed by atoms with van der Waals surface area (Å²) < 4.78 is 23.1. The van der Waals surface area contributed by atoms with Gasteiger partial charge in [-0.3, -0.25) is 0 Å². The van der Waals surface area contributed by atoms with Crippen LogP contribution in [0.3, 0.4) is 0 Å². The van der Waals surface area contributed by atoms with Crippen LogP contribution in [-0.2, 0) is 25.7 Å². The number of ether oxygens (including phenoxy) is 4. The van der Waals surface area contributed by atoms with Crippen LogP contribution >= 0.6 is 0 Å². The SMILES string of the molecule is COc1cc2c(cc1OC)Cc1ccccc1C(O)c1ccccc1Cc1cc(OC)c(OC)cc1Cc1ccccc1C(O)c1ccccc1C2. The predicted octanol–water partition coefficient (Wildman–Crippen LogP) is 8.56. The number of methoxy groups -OCH3 is 4. The molecular formula is C46H44O6. The van der Waals surface area contributed by atoms with Gasteiger partial charge in [0.15, 0.2) is 23.0 Å². The van der Waals surface area contributed by atoms with Crippen molar-refractivity contribution in [2.45, 2.75) is 37.9 Å². The monoisotopic (exact) mass is 692 g/mol. The van der Waals surface area contributed by atoms with Crippen molar-refractivity contribution in [3.8, 4) is 23.0 Å². The molecule has 0 saturated carbocycles. The van der Waals surface area contributed by atoms with Gasteiger partial charge < -0.3 is 29.2 Å². The minimum absolute atomic E-state index is 0.554. The van der Waals surface area contributed by atoms with Crippen LogP contribution in [0.4, 0.5) is 0 Å². The highest BCUT2D eigenvalue weighted by Crippen LogP contribution is 2.39. The third-order valence-electron chi connectivity index (χ3n) is 10.3. The smallest absolute Gasteiger partial charge is 0.161 e. The Morgan fingerprint density at radius 3 is 0.769 bits per heavy atom. The van der Waals surface area contributed by atoms with E-state index in [-0.39, 0.29) is 0 Å². The number of hydrogen-bond acceptors (Lipinski definition) is 6. The van der Waals surface area contributed by atoms with Crippen molar-refractivity contribution >= 4 is 0 Å². The zero-order valence-electron chi connectivity index (χ0n) is 30.1. The van der Waals surface area contributed by atoms with Crippen LogP contribution in [0.15, 0.2) is 121 Å². The van der Waals surface area contributed by atoms with Gasteiger partial charge in [0.25, 0.3) is 0 Å². The second-order valence-corrected chi connectivity index (χ2v) is 13.3. The fraction of sp³-hybridized carbons (Fsp3) is 0.217. The van der Waals surface area contributed by atoms with Crippen molar-refractivity contribution in [1.29, 1.82) is 0 Å². The zero-order valence-corrected chi connectivity index (χ0v) is 30.1. The molecule has 6 aromatic rings. The van der Waals surface area contributed by atoms with E-state index in [1.165, 1.54) is 0 Å². The lowest BCUT2D eigenvalue weighted by atomic mass is 9.84. The van der Waals surface area contributed by atoms with E-state index in [1.807, 2.05) is 97.1 Å². The first-order valence-corrected chi connectivity index (χ1v) is 17.6. The second-order valence-electron chi connectivity index (χ2n) is 13.3. The van der Waals surface area contributed by atoms with E-state index in [0.29, 0.717) is 48.7 Å². The van der Waals surface area contributed by atoms with E-state index in [2.05, 4.69) is 24.3 Å². The summed E-state index contributed by atoms with van der Waals surface area (Å²) in [7, 11) is 6.58. The molecule has 264 valence electrons.